The third kappa shape index (κ3) is 13.7. The molecule has 0 saturated heterocycles. The van der Waals surface area contributed by atoms with Gasteiger partial charge in [0.25, 0.3) is 0 Å². The number of carbonyl (C=O) groups excluding carboxylic acids is 2. The maximum Gasteiger partial charge on any atom is 2.00 e. The van der Waals surface area contributed by atoms with Crippen LogP contribution in [0.4, 0.5) is 0 Å². The minimum Gasteiger partial charge on any atom is -0.850 e. The number of aliphatic hydroxyl groups is 1. The largest absolute Gasteiger partial charge is 2.00 e. The maximum absolute atomic E-state index is 13.8. The summed E-state index contributed by atoms with van der Waals surface area (Å²) in [4.78, 5) is 39.2. The topological polar surface area (TPSA) is 167 Å². The Morgan fingerprint density at radius 3 is 2.16 bits per heavy atom. The maximum atomic E-state index is 13.8. The molecule has 2 atom stereocenters. The van der Waals surface area contributed by atoms with E-state index in [0.717, 1.165) is 60.7 Å². The summed E-state index contributed by atoms with van der Waals surface area (Å²) in [6, 6.07) is 23.5. The standard InChI is InChI=1S/C42H54N9O5.2Zn/c1-56-31-35(52)23-43-17-7-2-3-14-41(54)46-20-21-47-42(55)32-15-16-34-26-49(30-40(51(34)24-32)38-13-5-9-19-45-38)28-36(53)27-48-25-33-11-6-10-22-50(33)39(29-48)37-12-4-8-18-44-37;;/h4-6,8-13,15-16,18-19,22,24,35-36,43,52H,2-3,7,14,17,20-21,23,25-31H2,1H3,(H,46,54)(H,47,55);;/q-1;2*+2/p+1. The van der Waals surface area contributed by atoms with Gasteiger partial charge < -0.3 is 40.7 Å². The summed E-state index contributed by atoms with van der Waals surface area (Å²) in [5, 5.41) is 31.4. The monoisotopic (exact) mass is 893 g/mol. The van der Waals surface area contributed by atoms with Gasteiger partial charge in [0, 0.05) is 76.6 Å². The Bertz CT molecular complexity index is 1850. The molecule has 5 N–H and O–H groups in total. The second kappa shape index (κ2) is 24.4. The molecule has 0 fully saturated rings. The Morgan fingerprint density at radius 2 is 1.50 bits per heavy atom. The zero-order valence-electron chi connectivity index (χ0n) is 33.7. The van der Waals surface area contributed by atoms with Gasteiger partial charge in [-0.2, -0.15) is 0 Å². The summed E-state index contributed by atoms with van der Waals surface area (Å²) in [6.07, 6.45) is 9.27. The number of nitrogens with two attached hydrogens (primary N) is 1. The van der Waals surface area contributed by atoms with Crippen molar-refractivity contribution in [2.24, 2.45) is 0 Å². The van der Waals surface area contributed by atoms with E-state index in [4.69, 9.17) is 4.74 Å². The van der Waals surface area contributed by atoms with Crippen LogP contribution in [0, 0.1) is 12.1 Å². The molecule has 4 aromatic rings. The summed E-state index contributed by atoms with van der Waals surface area (Å²) in [6.45, 7) is 5.62. The first kappa shape index (κ1) is 47.0. The number of fused-ring (bicyclic) bond motifs is 2. The molecule has 58 heavy (non-hydrogen) atoms. The number of methoxy groups -OCH3 is 1. The fourth-order valence-electron chi connectivity index (χ4n) is 7.32. The van der Waals surface area contributed by atoms with Crippen molar-refractivity contribution in [3.63, 3.8) is 0 Å². The zero-order chi connectivity index (χ0) is 39.1. The smallest absolute Gasteiger partial charge is 0.850 e. The summed E-state index contributed by atoms with van der Waals surface area (Å²) in [7, 11) is 1.57. The molecule has 0 saturated carbocycles. The molecular weight excluding hydrogens is 841 g/mol. The Hall–Kier alpha value is -3.71. The van der Waals surface area contributed by atoms with E-state index < -0.39 is 12.2 Å². The average molecular weight is 897 g/mol. The van der Waals surface area contributed by atoms with Crippen molar-refractivity contribution in [3.05, 3.63) is 132 Å². The van der Waals surface area contributed by atoms with Crippen LogP contribution in [0.5, 0.6) is 0 Å². The number of amides is 2. The molecule has 2 aliphatic heterocycles. The van der Waals surface area contributed by atoms with Crippen LogP contribution in [0.15, 0.2) is 91.5 Å². The van der Waals surface area contributed by atoms with Gasteiger partial charge in [0.1, 0.15) is 42.3 Å². The molecule has 0 radical (unpaired) electrons. The van der Waals surface area contributed by atoms with Crippen molar-refractivity contribution in [3.8, 4) is 0 Å². The SMILES string of the molecule is COCC(O)C[NH2+]CCCCCC(=O)NCCNC(=O)c1ccc2[n+](c1)[C-](c1ccccn1)CN(CC([O-])CN1Cc3cccc[n+]3[C-](c3ccccn3)C1)C2.[Zn+2].[Zn+2]. The van der Waals surface area contributed by atoms with Gasteiger partial charge in [0.15, 0.2) is 0 Å². The number of aliphatic hydroxyl groups excluding tert-OH is 1. The molecule has 6 rings (SSSR count). The second-order valence-corrected chi connectivity index (χ2v) is 14.5. The Labute approximate surface area is 367 Å². The van der Waals surface area contributed by atoms with Crippen LogP contribution < -0.4 is 30.2 Å². The fourth-order valence-corrected chi connectivity index (χ4v) is 7.32. The second-order valence-electron chi connectivity index (χ2n) is 14.5. The third-order valence-corrected chi connectivity index (χ3v) is 10.0. The minimum absolute atomic E-state index is 0. The number of aromatic nitrogens is 4. The summed E-state index contributed by atoms with van der Waals surface area (Å²) >= 11 is 0. The van der Waals surface area contributed by atoms with Crippen molar-refractivity contribution >= 4 is 11.8 Å². The van der Waals surface area contributed by atoms with Crippen molar-refractivity contribution in [1.82, 2.24) is 30.4 Å². The molecule has 0 bridgehead atoms. The number of ether oxygens (including phenoxy) is 1. The number of hydrogen-bond donors (Lipinski definition) is 4. The van der Waals surface area contributed by atoms with E-state index in [9.17, 15) is 19.8 Å². The van der Waals surface area contributed by atoms with Crippen LogP contribution in [0.1, 0.15) is 58.8 Å². The number of nitrogens with one attached hydrogen (secondary N) is 2. The van der Waals surface area contributed by atoms with Crippen LogP contribution >= 0.6 is 0 Å². The summed E-state index contributed by atoms with van der Waals surface area (Å²) in [5.74, 6) is -0.262. The van der Waals surface area contributed by atoms with Crippen molar-refractivity contribution < 1.29 is 77.9 Å². The molecule has 4 aromatic heterocycles. The number of hydrogen-bond acceptors (Lipinski definition) is 9. The Balaban J connectivity index is 0.00000372. The zero-order valence-corrected chi connectivity index (χ0v) is 39.6. The van der Waals surface area contributed by atoms with Gasteiger partial charge >= 0.3 is 39.0 Å². The normalized spacial score (nSPS) is 14.9. The third-order valence-electron chi connectivity index (χ3n) is 10.0. The average Bonchev–Trinajstić information content (AvgIpc) is 3.22. The molecule has 0 aromatic carbocycles. The molecular formula is C42H55N9O5Zn2+4. The molecule has 298 valence electrons. The van der Waals surface area contributed by atoms with E-state index in [1.807, 2.05) is 71.4 Å². The number of unbranched alkanes of at least 4 members (excludes halogenated alkanes) is 2. The van der Waals surface area contributed by atoms with Crippen LogP contribution in [-0.2, 0) is 61.6 Å². The van der Waals surface area contributed by atoms with E-state index in [2.05, 4.69) is 52.5 Å². The van der Waals surface area contributed by atoms with E-state index >= 15 is 0 Å². The Morgan fingerprint density at radius 1 is 0.862 bits per heavy atom. The van der Waals surface area contributed by atoms with E-state index in [-0.39, 0.29) is 50.8 Å². The van der Waals surface area contributed by atoms with Gasteiger partial charge in [-0.05, 0) is 50.6 Å². The van der Waals surface area contributed by atoms with Crippen LogP contribution in [0.25, 0.3) is 0 Å². The fraction of sp³-hybridized carbons (Fsp3) is 0.429. The Kier molecular flexibility index (Phi) is 19.8. The number of rotatable bonds is 20. The molecule has 16 heteroatoms. The van der Waals surface area contributed by atoms with Gasteiger partial charge in [-0.3, -0.25) is 28.7 Å². The molecule has 2 unspecified atom stereocenters. The minimum atomic E-state index is -0.854. The number of nitrogens with zero attached hydrogens (tertiary/aromatic N) is 6. The molecule has 14 nitrogen and oxygen atoms in total. The van der Waals surface area contributed by atoms with Crippen molar-refractivity contribution in [2.75, 3.05) is 66.1 Å². The summed E-state index contributed by atoms with van der Waals surface area (Å²) in [5.41, 5.74) is 4.26. The van der Waals surface area contributed by atoms with Crippen LogP contribution in [0.2, 0.25) is 0 Å². The quantitative estimate of drug-likeness (QED) is 0.0375. The number of carbonyl (C=O) groups is 2. The first-order valence-corrected chi connectivity index (χ1v) is 19.6. The van der Waals surface area contributed by atoms with E-state index in [1.165, 1.54) is 0 Å². The van der Waals surface area contributed by atoms with Crippen molar-refractivity contribution in [2.45, 2.75) is 51.0 Å². The first-order chi connectivity index (χ1) is 27.4. The van der Waals surface area contributed by atoms with Gasteiger partial charge in [-0.1, -0.05) is 36.4 Å². The molecule has 0 aliphatic carbocycles. The van der Waals surface area contributed by atoms with E-state index in [0.29, 0.717) is 77.5 Å². The predicted molar refractivity (Wildman–Crippen MR) is 205 cm³/mol. The van der Waals surface area contributed by atoms with Gasteiger partial charge in [0.05, 0.1) is 24.9 Å². The number of quaternary nitrogens is 1. The molecule has 2 amide bonds. The van der Waals surface area contributed by atoms with Gasteiger partial charge in [-0.25, -0.2) is 0 Å². The predicted octanol–water partition coefficient (Wildman–Crippen LogP) is -1.06. The first-order valence-electron chi connectivity index (χ1n) is 19.6. The number of pyridine rings is 4. The van der Waals surface area contributed by atoms with Crippen LogP contribution in [0.3, 0.4) is 0 Å². The van der Waals surface area contributed by atoms with Crippen molar-refractivity contribution in [1.29, 1.82) is 0 Å². The van der Waals surface area contributed by atoms with E-state index in [1.54, 1.807) is 19.5 Å². The van der Waals surface area contributed by atoms with Gasteiger partial charge in [-0.15, -0.1) is 18.2 Å². The molecule has 0 spiro atoms. The molecule has 2 aliphatic rings. The molecule has 6 heterocycles. The van der Waals surface area contributed by atoms with Crippen LogP contribution in [-0.4, -0.2) is 115 Å². The summed E-state index contributed by atoms with van der Waals surface area (Å²) < 4.78 is 9.15. The van der Waals surface area contributed by atoms with Gasteiger partial charge in [0.2, 0.25) is 11.8 Å².